The number of carbonyl (C=O) groups excluding carboxylic acids is 1. The molecule has 2 aliphatic heterocycles. The molecule has 4 N–H and O–H groups in total. The Morgan fingerprint density at radius 2 is 1.82 bits per heavy atom. The van der Waals surface area contributed by atoms with Crippen molar-refractivity contribution in [3.8, 4) is 0 Å². The van der Waals surface area contributed by atoms with Crippen LogP contribution in [-0.4, -0.2) is 68.6 Å². The zero-order chi connectivity index (χ0) is 27.7. The molecular formula is C26H31F2N7O3S. The third-order valence-corrected chi connectivity index (χ3v) is 8.89. The molecular weight excluding hydrogens is 528 g/mol. The average molecular weight is 560 g/mol. The third-order valence-electron chi connectivity index (χ3n) is 7.07. The average Bonchev–Trinajstić information content (AvgIpc) is 3.30. The molecule has 208 valence electrons. The Kier molecular flexibility index (Phi) is 7.56. The Bertz CT molecular complexity index is 1470. The van der Waals surface area contributed by atoms with E-state index in [-0.39, 0.29) is 24.9 Å². The van der Waals surface area contributed by atoms with Crippen molar-refractivity contribution in [3.05, 3.63) is 64.9 Å². The molecule has 13 heteroatoms. The van der Waals surface area contributed by atoms with Crippen LogP contribution in [-0.2, 0) is 23.0 Å². The second kappa shape index (κ2) is 10.9. The molecule has 39 heavy (non-hydrogen) atoms. The number of hydrogen-bond acceptors (Lipinski definition) is 7. The minimum atomic E-state index is -4.18. The molecule has 10 nitrogen and oxygen atoms in total. The fourth-order valence-electron chi connectivity index (χ4n) is 4.89. The van der Waals surface area contributed by atoms with Crippen molar-refractivity contribution in [1.29, 1.82) is 0 Å². The summed E-state index contributed by atoms with van der Waals surface area (Å²) in [5.74, 6) is -2.13. The van der Waals surface area contributed by atoms with Crippen molar-refractivity contribution in [1.82, 2.24) is 19.8 Å². The Hall–Kier alpha value is -3.55. The van der Waals surface area contributed by atoms with E-state index in [4.69, 9.17) is 0 Å². The molecule has 5 rings (SSSR count). The lowest BCUT2D eigenvalue weighted by molar-refractivity contribution is 0.102. The predicted molar refractivity (Wildman–Crippen MR) is 144 cm³/mol. The molecule has 2 aromatic carbocycles. The molecule has 0 bridgehead atoms. The largest absolute Gasteiger partial charge is 0.382 e. The van der Waals surface area contributed by atoms with Gasteiger partial charge in [-0.05, 0) is 56.3 Å². The summed E-state index contributed by atoms with van der Waals surface area (Å²) >= 11 is 0. The number of H-pyrrole nitrogens is 1. The van der Waals surface area contributed by atoms with E-state index in [0.717, 1.165) is 48.1 Å². The first-order valence-corrected chi connectivity index (χ1v) is 14.2. The van der Waals surface area contributed by atoms with Crippen LogP contribution >= 0.6 is 0 Å². The number of nitrogens with zero attached hydrogens (tertiary/aromatic N) is 3. The monoisotopic (exact) mass is 559 g/mol. The second-order valence-corrected chi connectivity index (χ2v) is 11.9. The molecule has 1 aromatic heterocycles. The van der Waals surface area contributed by atoms with Crippen molar-refractivity contribution in [2.75, 3.05) is 49.3 Å². The number of rotatable bonds is 7. The fourth-order valence-corrected chi connectivity index (χ4v) is 6.35. The van der Waals surface area contributed by atoms with E-state index in [1.165, 1.54) is 0 Å². The summed E-state index contributed by atoms with van der Waals surface area (Å²) in [6.45, 7) is 1.78. The maximum Gasteiger partial charge on any atom is 0.258 e. The number of carbonyl (C=O) groups is 1. The highest BCUT2D eigenvalue weighted by Gasteiger charge is 2.32. The number of fused-ring (bicyclic) bond motifs is 1. The lowest BCUT2D eigenvalue weighted by Gasteiger charge is -2.27. The van der Waals surface area contributed by atoms with Gasteiger partial charge < -0.3 is 20.9 Å². The minimum absolute atomic E-state index is 0.0966. The topological polar surface area (TPSA) is 122 Å². The van der Waals surface area contributed by atoms with Gasteiger partial charge in [-0.1, -0.05) is 0 Å². The predicted octanol–water partition coefficient (Wildman–Crippen LogP) is 2.92. The molecule has 1 amide bonds. The molecule has 0 radical (unpaired) electrons. The summed E-state index contributed by atoms with van der Waals surface area (Å²) in [4.78, 5) is 15.0. The number of sulfonamides is 1. The number of hydrogen-bond donors (Lipinski definition) is 4. The summed E-state index contributed by atoms with van der Waals surface area (Å²) in [5, 5.41) is 16.8. The van der Waals surface area contributed by atoms with Crippen LogP contribution in [0.15, 0.2) is 41.3 Å². The van der Waals surface area contributed by atoms with Crippen LogP contribution in [0.2, 0.25) is 0 Å². The van der Waals surface area contributed by atoms with Crippen molar-refractivity contribution in [3.63, 3.8) is 0 Å². The lowest BCUT2D eigenvalue weighted by Crippen LogP contribution is -2.36. The van der Waals surface area contributed by atoms with Crippen molar-refractivity contribution in [2.45, 2.75) is 36.7 Å². The van der Waals surface area contributed by atoms with E-state index in [1.54, 1.807) is 6.07 Å². The van der Waals surface area contributed by atoms with Gasteiger partial charge in [-0.2, -0.15) is 9.40 Å². The number of aromatic amines is 1. The summed E-state index contributed by atoms with van der Waals surface area (Å²) in [7, 11) is -0.326. The number of nitrogens with one attached hydrogen (secondary N) is 4. The van der Waals surface area contributed by atoms with Gasteiger partial charge in [0.15, 0.2) is 5.82 Å². The molecule has 0 unspecified atom stereocenters. The highest BCUT2D eigenvalue weighted by molar-refractivity contribution is 7.89. The van der Waals surface area contributed by atoms with Gasteiger partial charge >= 0.3 is 0 Å². The highest BCUT2D eigenvalue weighted by atomic mass is 32.2. The quantitative estimate of drug-likeness (QED) is 0.351. The lowest BCUT2D eigenvalue weighted by atomic mass is 10.0. The maximum atomic E-state index is 13.7. The van der Waals surface area contributed by atoms with E-state index >= 15 is 0 Å². The van der Waals surface area contributed by atoms with Crippen molar-refractivity contribution < 1.29 is 22.0 Å². The van der Waals surface area contributed by atoms with Crippen LogP contribution in [0.4, 0.5) is 26.0 Å². The molecule has 0 aliphatic carbocycles. The van der Waals surface area contributed by atoms with Gasteiger partial charge in [0, 0.05) is 68.3 Å². The molecule has 0 saturated carbocycles. The first-order chi connectivity index (χ1) is 18.6. The smallest absolute Gasteiger partial charge is 0.258 e. The van der Waals surface area contributed by atoms with Crippen LogP contribution in [0.1, 0.15) is 34.5 Å². The number of amides is 1. The molecule has 1 fully saturated rings. The third kappa shape index (κ3) is 5.75. The molecule has 3 heterocycles. The summed E-state index contributed by atoms with van der Waals surface area (Å²) < 4.78 is 54.9. The van der Waals surface area contributed by atoms with Gasteiger partial charge in [0.25, 0.3) is 5.91 Å². The Balaban J connectivity index is 1.38. The first kappa shape index (κ1) is 27.0. The van der Waals surface area contributed by atoms with E-state index < -0.39 is 32.5 Å². The van der Waals surface area contributed by atoms with Crippen molar-refractivity contribution >= 4 is 33.1 Å². The van der Waals surface area contributed by atoms with E-state index in [0.29, 0.717) is 35.0 Å². The number of anilines is 3. The molecule has 2 aliphatic rings. The summed E-state index contributed by atoms with van der Waals surface area (Å²) in [5.41, 5.74) is 3.28. The van der Waals surface area contributed by atoms with Gasteiger partial charge in [-0.3, -0.25) is 9.89 Å². The van der Waals surface area contributed by atoms with Gasteiger partial charge in [-0.25, -0.2) is 17.2 Å². The Morgan fingerprint density at radius 1 is 1.10 bits per heavy atom. The normalized spacial score (nSPS) is 16.5. The van der Waals surface area contributed by atoms with Crippen LogP contribution in [0.3, 0.4) is 0 Å². The van der Waals surface area contributed by atoms with Crippen LogP contribution in [0.5, 0.6) is 0 Å². The minimum Gasteiger partial charge on any atom is -0.382 e. The van der Waals surface area contributed by atoms with Crippen LogP contribution < -0.4 is 20.9 Å². The Morgan fingerprint density at radius 3 is 2.51 bits per heavy atom. The number of aromatic nitrogens is 2. The number of benzene rings is 2. The van der Waals surface area contributed by atoms with Crippen LogP contribution in [0.25, 0.3) is 0 Å². The molecule has 1 saturated heterocycles. The molecule has 3 aromatic rings. The van der Waals surface area contributed by atoms with Crippen molar-refractivity contribution in [2.24, 2.45) is 0 Å². The van der Waals surface area contributed by atoms with Gasteiger partial charge in [0.05, 0.1) is 10.5 Å². The van der Waals surface area contributed by atoms with E-state index in [1.807, 2.05) is 31.1 Å². The molecule has 0 spiro atoms. The fraction of sp³-hybridized carbons (Fsp3) is 0.385. The summed E-state index contributed by atoms with van der Waals surface area (Å²) in [6, 6.07) is 7.97. The number of halogens is 2. The zero-order valence-corrected chi connectivity index (χ0v) is 22.5. The zero-order valence-electron chi connectivity index (χ0n) is 21.7. The van der Waals surface area contributed by atoms with Gasteiger partial charge in [0.1, 0.15) is 11.6 Å². The van der Waals surface area contributed by atoms with Gasteiger partial charge in [0.2, 0.25) is 10.0 Å². The second-order valence-electron chi connectivity index (χ2n) is 9.97. The first-order valence-electron chi connectivity index (χ1n) is 12.7. The maximum absolute atomic E-state index is 13.7. The van der Waals surface area contributed by atoms with Gasteiger partial charge in [-0.15, -0.1) is 0 Å². The summed E-state index contributed by atoms with van der Waals surface area (Å²) in [6.07, 6.45) is 2.16. The number of piperidine rings is 1. The SMILES string of the molecule is CN(C)c1ccc(C(=O)Nc2n[nH]c3c2CN(S(=O)(=O)c2cc(F)cc(F)c2)CC3)c(NC2CCNCC2)c1. The van der Waals surface area contributed by atoms with E-state index in [9.17, 15) is 22.0 Å². The van der Waals surface area contributed by atoms with E-state index in [2.05, 4.69) is 26.1 Å². The Labute approximate surface area is 225 Å². The standard InChI is InChI=1S/C26H31F2N7O3S/c1-34(2)19-3-4-21(24(14-19)30-18-5-8-29-9-6-18)26(36)31-25-22-15-35(10-7-23(22)32-33-25)39(37,38)20-12-16(27)11-17(28)13-20/h3-4,11-14,18,29-30H,5-10,15H2,1-2H3,(H2,31,32,33,36). The van der Waals surface area contributed by atoms with Crippen LogP contribution in [0, 0.1) is 11.6 Å². The molecule has 0 atom stereocenters. The highest BCUT2D eigenvalue weighted by Crippen LogP contribution is 2.30.